The monoisotopic (exact) mass is 1410 g/mol. The van der Waals surface area contributed by atoms with E-state index in [-0.39, 0.29) is 147 Å². The van der Waals surface area contributed by atoms with Gasteiger partial charge in [0.15, 0.2) is 0 Å². The summed E-state index contributed by atoms with van der Waals surface area (Å²) < 4.78 is 62.6. The first-order valence-electron chi connectivity index (χ1n) is 32.7. The number of ether oxygens (including phenoxy) is 13. The Hall–Kier alpha value is -8.59. The highest BCUT2D eigenvalue weighted by atomic mass is 16.6. The number of nitrogens with one attached hydrogen (secondary N) is 4. The summed E-state index contributed by atoms with van der Waals surface area (Å²) in [6, 6.07) is 0. The summed E-state index contributed by atoms with van der Waals surface area (Å²) in [6.45, 7) is 15.9. The number of aliphatic hydroxyl groups is 3. The molecule has 33 nitrogen and oxygen atoms in total. The van der Waals surface area contributed by atoms with Gasteiger partial charge in [-0.25, -0.2) is 33.6 Å². The van der Waals surface area contributed by atoms with E-state index >= 15 is 0 Å². The zero-order chi connectivity index (χ0) is 74.1. The van der Waals surface area contributed by atoms with Gasteiger partial charge >= 0.3 is 78.1 Å². The van der Waals surface area contributed by atoms with Crippen molar-refractivity contribution in [1.82, 2.24) is 21.3 Å². The summed E-state index contributed by atoms with van der Waals surface area (Å²) in [5, 5.41) is 35.6. The number of rotatable bonds is 54. The van der Waals surface area contributed by atoms with Gasteiger partial charge in [-0.05, 0) is 115 Å². The number of methoxy groups -OCH3 is 2. The number of carbonyl (C=O) groups is 13. The zero-order valence-electron chi connectivity index (χ0n) is 57.7. The maximum absolute atomic E-state index is 11.9. The molecular weight excluding hydrogens is 1300 g/mol. The van der Waals surface area contributed by atoms with Gasteiger partial charge in [0.05, 0.1) is 60.5 Å². The fraction of sp³-hybridized carbons (Fsp3) is 0.708. The van der Waals surface area contributed by atoms with E-state index in [0.29, 0.717) is 136 Å². The molecule has 0 saturated heterocycles. The summed E-state index contributed by atoms with van der Waals surface area (Å²) >= 11 is 0. The predicted molar refractivity (Wildman–Crippen MR) is 350 cm³/mol. The van der Waals surface area contributed by atoms with Crippen LogP contribution in [-0.2, 0) is 105 Å². The van der Waals surface area contributed by atoms with Crippen molar-refractivity contribution in [1.29, 1.82) is 0 Å². The third-order valence-electron chi connectivity index (χ3n) is 12.2. The molecule has 33 heteroatoms. The molecule has 2 atom stereocenters. The Bertz CT molecular complexity index is 2200. The molecule has 0 heterocycles. The molecular formula is C65H110N4O29. The quantitative estimate of drug-likeness (QED) is 0.0174. The van der Waals surface area contributed by atoms with Gasteiger partial charge in [-0.15, -0.1) is 0 Å². The van der Waals surface area contributed by atoms with Crippen molar-refractivity contribution in [2.75, 3.05) is 133 Å². The standard InChI is InChI=1S/C38H60N2O16.C12H24N2O6.C8H14O4.C7H12O3/c1-4-31(41)49-21-10-12-23-51-33(43)16-6-8-18-35(45)53-25-27-55-37(47)39-20-14-15-30(3)29-40-38(48)56-28-26-54-36(46)19-9-7-17-34(44)52-24-13-11-22-50-32(42)5-2;1-10(9-14-12(18)20-8-6-16)3-2-4-13-11(17)19-7-5-15;1-11-7(9)5-3-4-6-8(10)12-2;1-2-7(9)10-6-4-3-5-8/h4-5,30H,1-2,6-29H2,3H3,(H,39,47)(H,40,48);10,15-16H,2-9H2,1H3,(H,13,17)(H,14,18);3-6H2,1-2H3;2,8H,1,3-6H2. The van der Waals surface area contributed by atoms with E-state index in [1.807, 2.05) is 13.8 Å². The second kappa shape index (κ2) is 72.7. The van der Waals surface area contributed by atoms with Crippen LogP contribution in [0, 0.1) is 11.8 Å². The molecule has 0 rings (SSSR count). The molecule has 0 aromatic rings. The second-order valence-electron chi connectivity index (χ2n) is 20.7. The molecule has 0 radical (unpaired) electrons. The second-order valence-corrected chi connectivity index (χ2v) is 20.7. The lowest BCUT2D eigenvalue weighted by atomic mass is 10.1. The highest BCUT2D eigenvalue weighted by molar-refractivity contribution is 5.82. The summed E-state index contributed by atoms with van der Waals surface area (Å²) in [7, 11) is 2.70. The van der Waals surface area contributed by atoms with Gasteiger partial charge in [-0.2, -0.15) is 0 Å². The molecule has 0 saturated carbocycles. The molecule has 0 fully saturated rings. The third-order valence-corrected chi connectivity index (χ3v) is 12.2. The van der Waals surface area contributed by atoms with Crippen LogP contribution >= 0.6 is 0 Å². The zero-order valence-corrected chi connectivity index (χ0v) is 57.7. The number of carbonyl (C=O) groups excluding carboxylic acids is 13. The Kier molecular flexibility index (Phi) is 71.0. The maximum atomic E-state index is 11.9. The molecule has 0 aromatic heterocycles. The minimum atomic E-state index is -0.651. The number of esters is 9. The number of hydrogen-bond donors (Lipinski definition) is 7. The molecule has 2 unspecified atom stereocenters. The highest BCUT2D eigenvalue weighted by Crippen LogP contribution is 2.08. The SMILES string of the molecule is C=CC(=O)OCCCCO.C=CC(=O)OCCCCOC(=O)CCCCC(=O)OCCOC(=O)NCCCC(C)CNC(=O)OCCOC(=O)CCCCC(=O)OCCCCOC(=O)C=C.CC(CCCNC(=O)OCCO)CNC(=O)OCCO.COC(=O)CCCCC(=O)OC. The fourth-order valence-corrected chi connectivity index (χ4v) is 6.86. The average Bonchev–Trinajstić information content (AvgIpc) is 3.75. The summed E-state index contributed by atoms with van der Waals surface area (Å²) in [4.78, 5) is 146. The summed E-state index contributed by atoms with van der Waals surface area (Å²) in [6.07, 6.45) is 11.8. The normalized spacial score (nSPS) is 10.6. The number of amides is 4. The van der Waals surface area contributed by atoms with Crippen LogP contribution in [0.25, 0.3) is 0 Å². The summed E-state index contributed by atoms with van der Waals surface area (Å²) in [5.41, 5.74) is 0. The van der Waals surface area contributed by atoms with Crippen molar-refractivity contribution in [2.45, 2.75) is 155 Å². The van der Waals surface area contributed by atoms with Crippen LogP contribution in [0.15, 0.2) is 38.0 Å². The van der Waals surface area contributed by atoms with Crippen LogP contribution in [0.5, 0.6) is 0 Å². The van der Waals surface area contributed by atoms with E-state index in [4.69, 9.17) is 53.2 Å². The van der Waals surface area contributed by atoms with Gasteiger partial charge in [0.2, 0.25) is 0 Å². The lowest BCUT2D eigenvalue weighted by Crippen LogP contribution is -2.31. The van der Waals surface area contributed by atoms with Crippen molar-refractivity contribution in [3.05, 3.63) is 38.0 Å². The molecule has 564 valence electrons. The van der Waals surface area contributed by atoms with Crippen LogP contribution in [0.3, 0.4) is 0 Å². The van der Waals surface area contributed by atoms with Gasteiger partial charge in [0.1, 0.15) is 39.6 Å². The molecule has 0 aliphatic heterocycles. The molecule has 0 spiro atoms. The molecule has 0 bridgehead atoms. The molecule has 0 aliphatic rings. The summed E-state index contributed by atoms with van der Waals surface area (Å²) in [5.74, 6) is -3.23. The highest BCUT2D eigenvalue weighted by Gasteiger charge is 2.13. The Balaban J connectivity index is -0.000000838. The topological polar surface area (TPSA) is 451 Å². The number of aliphatic hydroxyl groups excluding tert-OH is 3. The Morgan fingerprint density at radius 1 is 0.306 bits per heavy atom. The van der Waals surface area contributed by atoms with Crippen LogP contribution in [0.2, 0.25) is 0 Å². The van der Waals surface area contributed by atoms with E-state index in [1.54, 1.807) is 0 Å². The molecule has 7 N–H and O–H groups in total. The van der Waals surface area contributed by atoms with Crippen molar-refractivity contribution in [2.24, 2.45) is 11.8 Å². The lowest BCUT2D eigenvalue weighted by Gasteiger charge is -2.13. The lowest BCUT2D eigenvalue weighted by molar-refractivity contribution is -0.146. The van der Waals surface area contributed by atoms with E-state index in [1.165, 1.54) is 14.2 Å². The minimum absolute atomic E-state index is 0.0118. The van der Waals surface area contributed by atoms with Crippen LogP contribution < -0.4 is 21.3 Å². The largest absolute Gasteiger partial charge is 0.469 e. The van der Waals surface area contributed by atoms with E-state index in [2.05, 4.69) is 64.7 Å². The van der Waals surface area contributed by atoms with Crippen molar-refractivity contribution in [3.8, 4) is 0 Å². The van der Waals surface area contributed by atoms with Crippen molar-refractivity contribution >= 4 is 78.1 Å². The van der Waals surface area contributed by atoms with E-state index < -0.39 is 54.2 Å². The van der Waals surface area contributed by atoms with E-state index in [9.17, 15) is 62.3 Å². The minimum Gasteiger partial charge on any atom is -0.469 e. The molecule has 0 aliphatic carbocycles. The first kappa shape index (κ1) is 95.8. The van der Waals surface area contributed by atoms with Gasteiger partial charge < -0.3 is 98.2 Å². The number of unbranched alkanes of at least 4 members (excludes halogenated alkanes) is 6. The predicted octanol–water partition coefficient (Wildman–Crippen LogP) is 5.39. The first-order valence-corrected chi connectivity index (χ1v) is 32.7. The van der Waals surface area contributed by atoms with Gasteiger partial charge in [0.25, 0.3) is 0 Å². The smallest absolute Gasteiger partial charge is 0.407 e. The van der Waals surface area contributed by atoms with Gasteiger partial charge in [-0.1, -0.05) is 33.6 Å². The Morgan fingerprint density at radius 2 is 0.561 bits per heavy atom. The van der Waals surface area contributed by atoms with Crippen LogP contribution in [0.1, 0.15) is 155 Å². The Labute approximate surface area is 574 Å². The van der Waals surface area contributed by atoms with Crippen LogP contribution in [-0.4, -0.2) is 226 Å². The molecule has 0 aromatic carbocycles. The van der Waals surface area contributed by atoms with Gasteiger partial charge in [-0.3, -0.25) is 28.8 Å². The van der Waals surface area contributed by atoms with Crippen molar-refractivity contribution < 1.29 is 139 Å². The van der Waals surface area contributed by atoms with Crippen LogP contribution in [0.4, 0.5) is 19.2 Å². The Morgan fingerprint density at radius 3 is 0.847 bits per heavy atom. The maximum Gasteiger partial charge on any atom is 0.407 e. The van der Waals surface area contributed by atoms with E-state index in [0.717, 1.165) is 31.1 Å². The van der Waals surface area contributed by atoms with Gasteiger partial charge in [0, 0.05) is 89.5 Å². The average molecular weight is 1410 g/mol. The fourth-order valence-electron chi connectivity index (χ4n) is 6.86. The third kappa shape index (κ3) is 76.4. The number of hydrogen-bond acceptors (Lipinski definition) is 29. The molecule has 98 heavy (non-hydrogen) atoms. The number of alkyl carbamates (subject to hydrolysis) is 4. The first-order chi connectivity index (χ1) is 47.1. The van der Waals surface area contributed by atoms with Crippen molar-refractivity contribution in [3.63, 3.8) is 0 Å². The molecule has 4 amide bonds.